The Labute approximate surface area is 262 Å². The van der Waals surface area contributed by atoms with Crippen molar-refractivity contribution in [2.45, 2.75) is 135 Å². The van der Waals surface area contributed by atoms with Crippen LogP contribution in [0.1, 0.15) is 132 Å². The van der Waals surface area contributed by atoms with Crippen LogP contribution in [0, 0.1) is 24.7 Å². The minimum Gasteiger partial charge on any atom is -0.427 e. The summed E-state index contributed by atoms with van der Waals surface area (Å²) in [6.45, 7) is 7.30. The topological polar surface area (TPSA) is 77.5 Å². The average molecular weight is 609 g/mol. The fourth-order valence-corrected chi connectivity index (χ4v) is 8.87. The number of amides is 1. The predicted molar refractivity (Wildman–Crippen MR) is 174 cm³/mol. The van der Waals surface area contributed by atoms with Gasteiger partial charge in [-0.3, -0.25) is 9.59 Å². The van der Waals surface area contributed by atoms with Gasteiger partial charge in [0.05, 0.1) is 12.2 Å². The van der Waals surface area contributed by atoms with E-state index in [4.69, 9.17) is 9.47 Å². The zero-order chi connectivity index (χ0) is 30.2. The molecule has 1 amide bonds. The molecule has 0 bridgehead atoms. The summed E-state index contributed by atoms with van der Waals surface area (Å²) < 4.78 is 12.3. The van der Waals surface area contributed by atoms with E-state index >= 15 is 0 Å². The van der Waals surface area contributed by atoms with E-state index in [1.54, 1.807) is 6.20 Å². The molecule has 6 nitrogen and oxygen atoms in total. The number of rotatable bonds is 15. The van der Waals surface area contributed by atoms with Crippen LogP contribution in [0.15, 0.2) is 24.4 Å². The van der Waals surface area contributed by atoms with Crippen LogP contribution in [0.25, 0.3) is 0 Å². The number of hydrogen-bond acceptors (Lipinski definition) is 6. The first-order valence-electron chi connectivity index (χ1n) is 17.1. The molecule has 5 rings (SSSR count). The standard InChI is InChI=1S/C36H52N2O4S/c1-4-5-6-7-8-9-10-11-12-13-33(40)42-28-16-18-29-26(22-28)14-17-31-30(29)20-21-36(3)34(31)27(24-41-36)15-19-32(39)38-35-37-23-25(2)43-35/h16,18,22-23,27,30-31,34H,4-15,17,19-21,24H2,1-3H3,(H,37,38,39)/t27?,30?,31?,34?,36-/m0/s1. The monoisotopic (exact) mass is 608 g/mol. The van der Waals surface area contributed by atoms with Crippen LogP contribution in [-0.4, -0.2) is 29.1 Å². The molecule has 1 aliphatic heterocycles. The first-order chi connectivity index (χ1) is 20.9. The number of nitrogens with zero attached hydrogens (tertiary/aromatic N) is 1. The van der Waals surface area contributed by atoms with E-state index in [2.05, 4.69) is 36.3 Å². The van der Waals surface area contributed by atoms with E-state index in [9.17, 15) is 9.59 Å². The van der Waals surface area contributed by atoms with Gasteiger partial charge in [-0.15, -0.1) is 11.3 Å². The molecule has 2 fully saturated rings. The van der Waals surface area contributed by atoms with E-state index in [1.165, 1.54) is 67.4 Å². The number of thiazole rings is 1. The SMILES string of the molecule is CCCCCCCCCCCC(=O)Oc1ccc2c(c1)CCC1C2CC[C@]2(C)OCC(CCC(=O)Nc3ncc(C)s3)C12. The normalized spacial score (nSPS) is 25.9. The van der Waals surface area contributed by atoms with E-state index in [0.29, 0.717) is 47.4 Å². The highest BCUT2D eigenvalue weighted by Gasteiger charge is 2.55. The number of carbonyl (C=O) groups excluding carboxylic acids is 2. The maximum Gasteiger partial charge on any atom is 0.311 e. The van der Waals surface area contributed by atoms with Gasteiger partial charge in [0, 0.05) is 23.9 Å². The van der Waals surface area contributed by atoms with Crippen LogP contribution < -0.4 is 10.1 Å². The smallest absolute Gasteiger partial charge is 0.311 e. The first-order valence-corrected chi connectivity index (χ1v) is 17.9. The summed E-state index contributed by atoms with van der Waals surface area (Å²) in [6, 6.07) is 6.36. The highest BCUT2D eigenvalue weighted by molar-refractivity contribution is 7.15. The van der Waals surface area contributed by atoms with Gasteiger partial charge in [-0.1, -0.05) is 64.4 Å². The third kappa shape index (κ3) is 8.27. The summed E-state index contributed by atoms with van der Waals surface area (Å²) in [5.41, 5.74) is 2.67. The van der Waals surface area contributed by atoms with Crippen molar-refractivity contribution in [3.63, 3.8) is 0 Å². The van der Waals surface area contributed by atoms with E-state index in [0.717, 1.165) is 56.4 Å². The lowest BCUT2D eigenvalue weighted by molar-refractivity contribution is -0.134. The number of unbranched alkanes of at least 4 members (excludes halogenated alkanes) is 8. The molecule has 3 aliphatic rings. The number of benzene rings is 1. The Morgan fingerprint density at radius 1 is 1.07 bits per heavy atom. The molecule has 1 saturated carbocycles. The maximum atomic E-state index is 12.7. The molecule has 0 spiro atoms. The number of ether oxygens (including phenoxy) is 2. The molecule has 43 heavy (non-hydrogen) atoms. The number of fused-ring (bicyclic) bond motifs is 5. The van der Waals surface area contributed by atoms with E-state index < -0.39 is 0 Å². The Morgan fingerprint density at radius 2 is 1.84 bits per heavy atom. The van der Waals surface area contributed by atoms with Crippen LogP contribution >= 0.6 is 11.3 Å². The van der Waals surface area contributed by atoms with Gasteiger partial charge in [0.1, 0.15) is 5.75 Å². The van der Waals surface area contributed by atoms with E-state index in [-0.39, 0.29) is 17.5 Å². The van der Waals surface area contributed by atoms with Crippen molar-refractivity contribution >= 4 is 28.3 Å². The average Bonchev–Trinajstić information content (AvgIpc) is 3.56. The van der Waals surface area contributed by atoms with Gasteiger partial charge in [-0.2, -0.15) is 0 Å². The Bertz CT molecular complexity index is 1230. The Morgan fingerprint density at radius 3 is 2.58 bits per heavy atom. The van der Waals surface area contributed by atoms with Crippen LogP contribution in [0.5, 0.6) is 5.75 Å². The van der Waals surface area contributed by atoms with Gasteiger partial charge in [0.15, 0.2) is 5.13 Å². The summed E-state index contributed by atoms with van der Waals surface area (Å²) in [5.74, 6) is 2.55. The quantitative estimate of drug-likeness (QED) is 0.124. The number of esters is 1. The Hall–Kier alpha value is -2.25. The summed E-state index contributed by atoms with van der Waals surface area (Å²) in [7, 11) is 0. The first kappa shape index (κ1) is 32.2. The van der Waals surface area contributed by atoms with Gasteiger partial charge in [0.25, 0.3) is 0 Å². The maximum absolute atomic E-state index is 12.7. The van der Waals surface area contributed by atoms with Crippen molar-refractivity contribution in [1.82, 2.24) is 4.98 Å². The van der Waals surface area contributed by atoms with Gasteiger partial charge in [0.2, 0.25) is 5.91 Å². The molecule has 1 aromatic carbocycles. The molecular formula is C36H52N2O4S. The van der Waals surface area contributed by atoms with Crippen molar-refractivity contribution < 1.29 is 19.1 Å². The molecule has 0 radical (unpaired) electrons. The molecule has 236 valence electrons. The second-order valence-electron chi connectivity index (χ2n) is 13.5. The number of hydrogen-bond donors (Lipinski definition) is 1. The zero-order valence-corrected chi connectivity index (χ0v) is 27.4. The number of aromatic nitrogens is 1. The lowest BCUT2D eigenvalue weighted by Gasteiger charge is -2.49. The van der Waals surface area contributed by atoms with Crippen molar-refractivity contribution in [2.24, 2.45) is 17.8 Å². The second kappa shape index (κ2) is 15.2. The molecule has 2 aromatic rings. The van der Waals surface area contributed by atoms with Gasteiger partial charge < -0.3 is 14.8 Å². The van der Waals surface area contributed by atoms with Crippen molar-refractivity contribution in [1.29, 1.82) is 0 Å². The van der Waals surface area contributed by atoms with E-state index in [1.807, 2.05) is 13.0 Å². The molecular weight excluding hydrogens is 556 g/mol. The molecule has 1 aromatic heterocycles. The third-order valence-corrected chi connectivity index (χ3v) is 11.2. The van der Waals surface area contributed by atoms with Gasteiger partial charge in [-0.25, -0.2) is 4.98 Å². The molecule has 7 heteroatoms. The van der Waals surface area contributed by atoms with Crippen LogP contribution in [0.4, 0.5) is 5.13 Å². The lowest BCUT2D eigenvalue weighted by atomic mass is 9.56. The van der Waals surface area contributed by atoms with Crippen LogP contribution in [-0.2, 0) is 20.7 Å². The largest absolute Gasteiger partial charge is 0.427 e. The Balaban J connectivity index is 1.11. The third-order valence-electron chi connectivity index (χ3n) is 10.4. The predicted octanol–water partition coefficient (Wildman–Crippen LogP) is 9.16. The summed E-state index contributed by atoms with van der Waals surface area (Å²) in [4.78, 5) is 30.6. The number of aryl methyl sites for hydroxylation is 2. The van der Waals surface area contributed by atoms with Crippen molar-refractivity contribution in [3.05, 3.63) is 40.4 Å². The van der Waals surface area contributed by atoms with Crippen molar-refractivity contribution in [2.75, 3.05) is 11.9 Å². The molecule has 2 aliphatic carbocycles. The minimum atomic E-state index is -0.106. The highest BCUT2D eigenvalue weighted by Crippen LogP contribution is 2.58. The van der Waals surface area contributed by atoms with Gasteiger partial charge >= 0.3 is 5.97 Å². The fraction of sp³-hybridized carbons (Fsp3) is 0.694. The number of nitrogens with one attached hydrogen (secondary N) is 1. The Kier molecular flexibility index (Phi) is 11.3. The number of anilines is 1. The van der Waals surface area contributed by atoms with Gasteiger partial charge in [-0.05, 0) is 99.3 Å². The molecule has 4 unspecified atom stereocenters. The molecule has 5 atom stereocenters. The summed E-state index contributed by atoms with van der Waals surface area (Å²) in [5, 5.41) is 3.66. The van der Waals surface area contributed by atoms with Crippen molar-refractivity contribution in [3.8, 4) is 5.75 Å². The lowest BCUT2D eigenvalue weighted by Crippen LogP contribution is -2.46. The highest BCUT2D eigenvalue weighted by atomic mass is 32.1. The second-order valence-corrected chi connectivity index (χ2v) is 14.8. The number of carbonyl (C=O) groups is 2. The minimum absolute atomic E-state index is 0.0455. The molecule has 1 N–H and O–H groups in total. The molecule has 2 heterocycles. The zero-order valence-electron chi connectivity index (χ0n) is 26.6. The fourth-order valence-electron chi connectivity index (χ4n) is 8.19. The molecule has 1 saturated heterocycles. The summed E-state index contributed by atoms with van der Waals surface area (Å²) >= 11 is 1.52. The summed E-state index contributed by atoms with van der Waals surface area (Å²) in [6.07, 6.45) is 19.1. The van der Waals surface area contributed by atoms with Crippen LogP contribution in [0.2, 0.25) is 0 Å². The van der Waals surface area contributed by atoms with Crippen LogP contribution in [0.3, 0.4) is 0 Å².